The fourth-order valence-corrected chi connectivity index (χ4v) is 4.65. The summed E-state index contributed by atoms with van der Waals surface area (Å²) in [6, 6.07) is 10.2. The molecule has 1 aliphatic heterocycles. The van der Waals surface area contributed by atoms with Gasteiger partial charge in [0.25, 0.3) is 0 Å². The van der Waals surface area contributed by atoms with Crippen LogP contribution in [0.25, 0.3) is 6.08 Å². The molecule has 0 spiro atoms. The van der Waals surface area contributed by atoms with Crippen molar-refractivity contribution in [1.29, 1.82) is 0 Å². The summed E-state index contributed by atoms with van der Waals surface area (Å²) in [5.74, 6) is -0.784. The van der Waals surface area contributed by atoms with E-state index in [2.05, 4.69) is 0 Å². The van der Waals surface area contributed by atoms with Crippen LogP contribution in [-0.4, -0.2) is 41.8 Å². The first-order valence-electron chi connectivity index (χ1n) is 9.22. The summed E-state index contributed by atoms with van der Waals surface area (Å²) in [4.78, 5) is 12.5. The average Bonchev–Trinajstić information content (AvgIpc) is 2.99. The van der Waals surface area contributed by atoms with Crippen LogP contribution in [0.5, 0.6) is 11.5 Å². The van der Waals surface area contributed by atoms with Crippen LogP contribution in [0.2, 0.25) is 0 Å². The van der Waals surface area contributed by atoms with Gasteiger partial charge in [0.2, 0.25) is 10.0 Å². The highest BCUT2D eigenvalue weighted by atomic mass is 32.2. The van der Waals surface area contributed by atoms with E-state index in [0.717, 1.165) is 25.7 Å². The smallest absolute Gasteiger partial charge is 0.243 e. The number of hydrogen-bond acceptors (Lipinski definition) is 5. The molecule has 28 heavy (non-hydrogen) atoms. The molecule has 3 rings (SSSR count). The molecule has 0 saturated carbocycles. The Morgan fingerprint density at radius 1 is 0.893 bits per heavy atom. The number of benzene rings is 2. The number of allylic oxidation sites excluding steroid dienone is 1. The molecule has 6 nitrogen and oxygen atoms in total. The van der Waals surface area contributed by atoms with E-state index in [1.807, 2.05) is 0 Å². The van der Waals surface area contributed by atoms with Gasteiger partial charge in [0.05, 0.1) is 4.90 Å². The predicted molar refractivity (Wildman–Crippen MR) is 107 cm³/mol. The van der Waals surface area contributed by atoms with Crippen molar-refractivity contribution >= 4 is 21.9 Å². The van der Waals surface area contributed by atoms with Gasteiger partial charge in [0, 0.05) is 18.7 Å². The van der Waals surface area contributed by atoms with Crippen molar-refractivity contribution in [3.8, 4) is 11.5 Å². The molecule has 0 amide bonds. The lowest BCUT2D eigenvalue weighted by molar-refractivity contribution is 0.104. The van der Waals surface area contributed by atoms with E-state index in [1.54, 1.807) is 6.07 Å². The summed E-state index contributed by atoms with van der Waals surface area (Å²) in [5, 5.41) is 18.8. The van der Waals surface area contributed by atoms with Gasteiger partial charge in [-0.05, 0) is 60.9 Å². The number of phenols is 2. The SMILES string of the molecule is O=C(/C=C/c1ccc(O)c(O)c1)c1ccc(S(=O)(=O)N2CCCCCC2)cc1. The number of phenolic OH excluding ortho intramolecular Hbond substituents is 2. The zero-order valence-corrected chi connectivity index (χ0v) is 16.2. The highest BCUT2D eigenvalue weighted by Crippen LogP contribution is 2.25. The topological polar surface area (TPSA) is 94.9 Å². The Kier molecular flexibility index (Phi) is 6.16. The van der Waals surface area contributed by atoms with Gasteiger partial charge in [-0.25, -0.2) is 8.42 Å². The summed E-state index contributed by atoms with van der Waals surface area (Å²) in [6.45, 7) is 1.07. The van der Waals surface area contributed by atoms with Gasteiger partial charge in [-0.1, -0.05) is 25.0 Å². The molecular weight excluding hydrogens is 378 g/mol. The van der Waals surface area contributed by atoms with Gasteiger partial charge < -0.3 is 10.2 Å². The fraction of sp³-hybridized carbons (Fsp3) is 0.286. The summed E-state index contributed by atoms with van der Waals surface area (Å²) in [7, 11) is -3.54. The van der Waals surface area contributed by atoms with E-state index in [9.17, 15) is 23.4 Å². The Morgan fingerprint density at radius 2 is 1.54 bits per heavy atom. The maximum absolute atomic E-state index is 12.8. The van der Waals surface area contributed by atoms with Crippen molar-refractivity contribution in [2.24, 2.45) is 0 Å². The minimum atomic E-state index is -3.54. The molecule has 7 heteroatoms. The third-order valence-corrected chi connectivity index (χ3v) is 6.68. The van der Waals surface area contributed by atoms with Gasteiger partial charge in [-0.3, -0.25) is 4.79 Å². The molecule has 1 saturated heterocycles. The van der Waals surface area contributed by atoms with Crippen molar-refractivity contribution in [3.63, 3.8) is 0 Å². The van der Waals surface area contributed by atoms with E-state index in [-0.39, 0.29) is 22.2 Å². The van der Waals surface area contributed by atoms with Gasteiger partial charge in [0.1, 0.15) is 0 Å². The number of rotatable bonds is 5. The minimum Gasteiger partial charge on any atom is -0.504 e. The van der Waals surface area contributed by atoms with Crippen molar-refractivity contribution in [3.05, 3.63) is 59.7 Å². The first kappa shape index (κ1) is 20.1. The zero-order chi connectivity index (χ0) is 20.1. The Labute approximate surface area is 164 Å². The molecule has 0 aromatic heterocycles. The normalized spacial score (nSPS) is 16.1. The van der Waals surface area contributed by atoms with Gasteiger partial charge in [-0.15, -0.1) is 0 Å². The van der Waals surface area contributed by atoms with Crippen LogP contribution < -0.4 is 0 Å². The van der Waals surface area contributed by atoms with Crippen molar-refractivity contribution < 1.29 is 23.4 Å². The first-order chi connectivity index (χ1) is 13.4. The second-order valence-corrected chi connectivity index (χ2v) is 8.73. The maximum Gasteiger partial charge on any atom is 0.243 e. The number of sulfonamides is 1. The van der Waals surface area contributed by atoms with Crippen molar-refractivity contribution in [1.82, 2.24) is 4.31 Å². The molecule has 0 bridgehead atoms. The van der Waals surface area contributed by atoms with Crippen LogP contribution in [-0.2, 0) is 10.0 Å². The van der Waals surface area contributed by atoms with Gasteiger partial charge >= 0.3 is 0 Å². The van der Waals surface area contributed by atoms with E-state index in [4.69, 9.17) is 0 Å². The molecule has 2 aromatic carbocycles. The number of carbonyl (C=O) groups excluding carboxylic acids is 1. The quantitative estimate of drug-likeness (QED) is 0.454. The van der Waals surface area contributed by atoms with Crippen LogP contribution in [0.3, 0.4) is 0 Å². The lowest BCUT2D eigenvalue weighted by Crippen LogP contribution is -2.31. The molecule has 2 N–H and O–H groups in total. The number of nitrogens with zero attached hydrogens (tertiary/aromatic N) is 1. The third-order valence-electron chi connectivity index (χ3n) is 4.77. The highest BCUT2D eigenvalue weighted by molar-refractivity contribution is 7.89. The van der Waals surface area contributed by atoms with Crippen LogP contribution >= 0.6 is 0 Å². The van der Waals surface area contributed by atoms with Crippen LogP contribution in [0.1, 0.15) is 41.6 Å². The average molecular weight is 401 g/mol. The molecule has 2 aromatic rings. The monoisotopic (exact) mass is 401 g/mol. The summed E-state index contributed by atoms with van der Waals surface area (Å²) in [6.07, 6.45) is 6.68. The summed E-state index contributed by atoms with van der Waals surface area (Å²) in [5.41, 5.74) is 0.929. The van der Waals surface area contributed by atoms with E-state index in [1.165, 1.54) is 52.9 Å². The third kappa shape index (κ3) is 4.61. The molecule has 148 valence electrons. The Balaban J connectivity index is 1.73. The highest BCUT2D eigenvalue weighted by Gasteiger charge is 2.25. The predicted octanol–water partition coefficient (Wildman–Crippen LogP) is 3.56. The zero-order valence-electron chi connectivity index (χ0n) is 15.4. The summed E-state index contributed by atoms with van der Waals surface area (Å²) >= 11 is 0. The number of carbonyl (C=O) groups is 1. The van der Waals surface area contributed by atoms with Gasteiger partial charge in [-0.2, -0.15) is 4.31 Å². The maximum atomic E-state index is 12.8. The molecule has 1 heterocycles. The lowest BCUT2D eigenvalue weighted by Gasteiger charge is -2.19. The second kappa shape index (κ2) is 8.58. The number of ketones is 1. The Bertz CT molecular complexity index is 972. The molecular formula is C21H23NO5S. The Hall–Kier alpha value is -2.64. The number of hydrogen-bond donors (Lipinski definition) is 2. The second-order valence-electron chi connectivity index (χ2n) is 6.79. The first-order valence-corrected chi connectivity index (χ1v) is 10.7. The van der Waals surface area contributed by atoms with Crippen LogP contribution in [0, 0.1) is 0 Å². The molecule has 0 aliphatic carbocycles. The Morgan fingerprint density at radius 3 is 2.14 bits per heavy atom. The molecule has 1 fully saturated rings. The van der Waals surface area contributed by atoms with Crippen LogP contribution in [0.4, 0.5) is 0 Å². The largest absolute Gasteiger partial charge is 0.504 e. The van der Waals surface area contributed by atoms with Crippen molar-refractivity contribution in [2.75, 3.05) is 13.1 Å². The molecule has 0 unspecified atom stereocenters. The van der Waals surface area contributed by atoms with E-state index >= 15 is 0 Å². The standard InChI is InChI=1S/C21H23NO5S/c23-19(11-5-16-6-12-20(24)21(25)15-16)17-7-9-18(10-8-17)28(26,27)22-13-3-1-2-4-14-22/h5-12,15,24-25H,1-4,13-14H2/b11-5+. The van der Waals surface area contributed by atoms with Gasteiger partial charge in [0.15, 0.2) is 17.3 Å². The van der Waals surface area contributed by atoms with Crippen molar-refractivity contribution in [2.45, 2.75) is 30.6 Å². The summed E-state index contributed by atoms with van der Waals surface area (Å²) < 4.78 is 27.1. The number of aromatic hydroxyl groups is 2. The molecule has 0 radical (unpaired) electrons. The minimum absolute atomic E-state index is 0.193. The van der Waals surface area contributed by atoms with Crippen LogP contribution in [0.15, 0.2) is 53.4 Å². The molecule has 0 atom stereocenters. The molecule has 1 aliphatic rings. The fourth-order valence-electron chi connectivity index (χ4n) is 3.13. The van der Waals surface area contributed by atoms with E-state index < -0.39 is 10.0 Å². The lowest BCUT2D eigenvalue weighted by atomic mass is 10.1. The van der Waals surface area contributed by atoms with E-state index in [0.29, 0.717) is 24.2 Å².